The number of fused-ring (bicyclic) bond motifs is 8. The highest BCUT2D eigenvalue weighted by atomic mass is 32.2. The van der Waals surface area contributed by atoms with Crippen molar-refractivity contribution in [2.24, 2.45) is 5.92 Å². The number of anilines is 12. The number of ether oxygens (including phenoxy) is 1. The van der Waals surface area contributed by atoms with Crippen LogP contribution in [0, 0.1) is 5.92 Å². The van der Waals surface area contributed by atoms with Crippen LogP contribution in [-0.4, -0.2) is 6.10 Å². The first-order chi connectivity index (χ1) is 51.6. The topological polar surface area (TPSA) is 22.2 Å². The Bertz CT molecular complexity index is 5760. The predicted octanol–water partition coefficient (Wildman–Crippen LogP) is 26.7. The molecule has 0 spiro atoms. The third kappa shape index (κ3) is 10.6. The van der Waals surface area contributed by atoms with Crippen LogP contribution in [0.25, 0.3) is 44.5 Å². The lowest BCUT2D eigenvalue weighted by molar-refractivity contribution is 0.165. The molecule has 20 rings (SSSR count). The van der Waals surface area contributed by atoms with Gasteiger partial charge >= 0.3 is 0 Å². The number of nitrogens with zero attached hydrogens (tertiary/aromatic N) is 4. The Morgan fingerprint density at radius 1 is 0.327 bits per heavy atom. The molecule has 0 fully saturated rings. The summed E-state index contributed by atoms with van der Waals surface area (Å²) in [5.41, 5.74) is 30.1. The monoisotopic (exact) mass is 1350 g/mol. The molecule has 0 aromatic heterocycles. The molecule has 5 atom stereocenters. The van der Waals surface area contributed by atoms with Gasteiger partial charge in [-0.05, 0) is 171 Å². The Balaban J connectivity index is 0.825. The molecule has 0 saturated heterocycles. The quantitative estimate of drug-likeness (QED) is 0.114. The summed E-state index contributed by atoms with van der Waals surface area (Å²) in [6, 6.07) is 124. The molecular formula is C98H70N4OS. The van der Waals surface area contributed by atoms with Crippen molar-refractivity contribution in [2.45, 2.75) is 40.1 Å². The van der Waals surface area contributed by atoms with Gasteiger partial charge in [0.15, 0.2) is 0 Å². The van der Waals surface area contributed by atoms with Gasteiger partial charge in [0.05, 0.1) is 34.1 Å². The highest BCUT2D eigenvalue weighted by molar-refractivity contribution is 7.99. The van der Waals surface area contributed by atoms with E-state index >= 15 is 0 Å². The second-order valence-corrected chi connectivity index (χ2v) is 28.8. The molecule has 0 saturated carbocycles. The van der Waals surface area contributed by atoms with Crippen molar-refractivity contribution in [3.05, 3.63) is 416 Å². The average Bonchev–Trinajstić information content (AvgIpc) is 0.688. The molecule has 2 aliphatic carbocycles. The number of hydrogen-bond donors (Lipinski definition) is 0. The molecule has 14 aromatic rings. The van der Waals surface area contributed by atoms with Crippen LogP contribution in [0.15, 0.2) is 392 Å². The number of rotatable bonds is 13. The standard InChI is InChI=1S/C98H70N4OS/c1-7-27-65(28-8-1)69-49-53-75(54-50-69)99(77-41-25-37-72(57-77)67-31-11-3-12-32-67)79-59-89-97-92(61-79)103-91-48-24-21-45-83(91)96(97)84-63-85-93(64-88(84)102(89)86-46-22-19-43-81(86)71-35-15-5-16-36-71)104-94-62-80(60-90-98(94)95(85)82-44-20-23-47-87(82)101(90)74-39-17-6-18-40-74)100(76-55-51-70(52-56-76)66-29-9-2-10-30-66)78-42-26-38-73(58-78)68-33-13-4-14-34-68/h1-33,35-64,68,83,91,95-96H,34H2. The van der Waals surface area contributed by atoms with Crippen molar-refractivity contribution in [2.75, 3.05) is 19.6 Å². The van der Waals surface area contributed by atoms with Crippen LogP contribution in [0.5, 0.6) is 5.75 Å². The van der Waals surface area contributed by atoms with Gasteiger partial charge in [-0.25, -0.2) is 0 Å². The fourth-order valence-electron chi connectivity index (χ4n) is 17.1. The SMILES string of the molecule is C1=CCC(c2cccc(N(c3ccc(-c4ccccc4)cc3)c3cc4c5c(c3)N(c3ccccc3)c3ccccc3C5c3cc5c(cc3S4)N(c3ccccc3-c3ccccc3)c3cc(N(c4ccc(-c6ccccc6)cc4)c4cccc(-c6ccccc6)c4)cc4c3C5C3C=CC=CC3O4)c2)C=C1. The molecule has 6 aliphatic rings. The third-order valence-corrected chi connectivity index (χ3v) is 22.9. The zero-order chi connectivity index (χ0) is 68.6. The van der Waals surface area contributed by atoms with Gasteiger partial charge in [0.2, 0.25) is 0 Å². The van der Waals surface area contributed by atoms with Crippen molar-refractivity contribution in [3.63, 3.8) is 0 Å². The minimum Gasteiger partial charge on any atom is -0.485 e. The molecule has 0 amide bonds. The zero-order valence-electron chi connectivity index (χ0n) is 57.1. The van der Waals surface area contributed by atoms with Gasteiger partial charge in [-0.2, -0.15) is 0 Å². The summed E-state index contributed by atoms with van der Waals surface area (Å²) in [7, 11) is 0. The molecule has 0 N–H and O–H groups in total. The van der Waals surface area contributed by atoms with Crippen LogP contribution in [0.3, 0.4) is 0 Å². The molecule has 0 bridgehead atoms. The van der Waals surface area contributed by atoms with Crippen LogP contribution in [0.2, 0.25) is 0 Å². The highest BCUT2D eigenvalue weighted by Crippen LogP contribution is 2.66. The summed E-state index contributed by atoms with van der Waals surface area (Å²) in [5, 5.41) is 0. The fourth-order valence-corrected chi connectivity index (χ4v) is 18.3. The van der Waals surface area contributed by atoms with E-state index in [2.05, 4.69) is 402 Å². The minimum atomic E-state index is -0.225. The van der Waals surface area contributed by atoms with E-state index in [1.807, 2.05) is 11.8 Å². The zero-order valence-corrected chi connectivity index (χ0v) is 57.9. The Morgan fingerprint density at radius 3 is 1.55 bits per heavy atom. The van der Waals surface area contributed by atoms with E-state index in [4.69, 9.17) is 4.74 Å². The van der Waals surface area contributed by atoms with Crippen LogP contribution in [-0.2, 0) is 0 Å². The molecule has 0 radical (unpaired) electrons. The van der Waals surface area contributed by atoms with E-state index in [-0.39, 0.29) is 29.8 Å². The molecule has 14 aromatic carbocycles. The van der Waals surface area contributed by atoms with Crippen molar-refractivity contribution in [3.8, 4) is 50.3 Å². The molecule has 5 nitrogen and oxygen atoms in total. The van der Waals surface area contributed by atoms with E-state index in [9.17, 15) is 0 Å². The van der Waals surface area contributed by atoms with E-state index in [0.717, 1.165) is 96.9 Å². The van der Waals surface area contributed by atoms with Gasteiger partial charge < -0.3 is 24.3 Å². The van der Waals surface area contributed by atoms with Crippen LogP contribution in [0.1, 0.15) is 57.6 Å². The Labute approximate surface area is 612 Å². The van der Waals surface area contributed by atoms with Crippen molar-refractivity contribution in [1.82, 2.24) is 0 Å². The lowest BCUT2D eigenvalue weighted by Gasteiger charge is -2.48. The van der Waals surface area contributed by atoms with Gasteiger partial charge in [0.1, 0.15) is 11.9 Å². The van der Waals surface area contributed by atoms with Crippen molar-refractivity contribution < 1.29 is 4.74 Å². The van der Waals surface area contributed by atoms with Crippen LogP contribution < -0.4 is 24.3 Å². The summed E-state index contributed by atoms with van der Waals surface area (Å²) in [6.45, 7) is 0. The summed E-state index contributed by atoms with van der Waals surface area (Å²) >= 11 is 1.92. The highest BCUT2D eigenvalue weighted by Gasteiger charge is 2.48. The van der Waals surface area contributed by atoms with Gasteiger partial charge in [-0.3, -0.25) is 0 Å². The number of allylic oxidation sites excluding steroid dienone is 6. The van der Waals surface area contributed by atoms with Gasteiger partial charge in [-0.15, -0.1) is 0 Å². The first kappa shape index (κ1) is 61.3. The average molecular weight is 1350 g/mol. The summed E-state index contributed by atoms with van der Waals surface area (Å²) < 4.78 is 7.60. The molecule has 4 aliphatic heterocycles. The van der Waals surface area contributed by atoms with Gasteiger partial charge in [-0.1, -0.05) is 285 Å². The van der Waals surface area contributed by atoms with Crippen LogP contribution >= 0.6 is 11.8 Å². The smallest absolute Gasteiger partial charge is 0.128 e. The Morgan fingerprint density at radius 2 is 0.875 bits per heavy atom. The third-order valence-electron chi connectivity index (χ3n) is 21.8. The molecule has 4 heterocycles. The van der Waals surface area contributed by atoms with E-state index in [1.54, 1.807) is 0 Å². The first-order valence-corrected chi connectivity index (χ1v) is 37.0. The predicted molar refractivity (Wildman–Crippen MR) is 432 cm³/mol. The van der Waals surface area contributed by atoms with Crippen LogP contribution in [0.4, 0.5) is 68.2 Å². The molecule has 494 valence electrons. The molecule has 104 heavy (non-hydrogen) atoms. The second kappa shape index (κ2) is 25.8. The largest absolute Gasteiger partial charge is 0.485 e. The maximum atomic E-state index is 7.60. The minimum absolute atomic E-state index is 0.00434. The van der Waals surface area contributed by atoms with Gasteiger partial charge in [0.25, 0.3) is 0 Å². The first-order valence-electron chi connectivity index (χ1n) is 36.2. The van der Waals surface area contributed by atoms with Crippen molar-refractivity contribution >= 4 is 80.0 Å². The van der Waals surface area contributed by atoms with E-state index in [0.29, 0.717) is 0 Å². The summed E-state index contributed by atoms with van der Waals surface area (Å²) in [4.78, 5) is 12.5. The van der Waals surface area contributed by atoms with E-state index < -0.39 is 0 Å². The molecule has 5 unspecified atom stereocenters. The Kier molecular flexibility index (Phi) is 15.2. The molecular weight excluding hydrogens is 1280 g/mol. The number of hydrogen-bond acceptors (Lipinski definition) is 6. The lowest BCUT2D eigenvalue weighted by atomic mass is 9.70. The lowest BCUT2D eigenvalue weighted by Crippen LogP contribution is -2.38. The second-order valence-electron chi connectivity index (χ2n) is 27.8. The normalized spacial score (nSPS) is 17.3. The maximum Gasteiger partial charge on any atom is 0.128 e. The number of benzene rings is 14. The Hall–Kier alpha value is -12.6. The fraction of sp³-hybridized carbons (Fsp3) is 0.0612. The molecule has 6 heteroatoms. The summed E-state index contributed by atoms with van der Waals surface area (Å²) in [5.74, 6) is 0.952. The van der Waals surface area contributed by atoms with Crippen molar-refractivity contribution in [1.29, 1.82) is 0 Å². The number of para-hydroxylation sites is 3. The maximum absolute atomic E-state index is 7.60. The van der Waals surface area contributed by atoms with Gasteiger partial charge in [0, 0.05) is 90.3 Å². The van der Waals surface area contributed by atoms with E-state index in [1.165, 1.54) is 71.2 Å². The summed E-state index contributed by atoms with van der Waals surface area (Å²) in [6.07, 6.45) is 18.8.